The summed E-state index contributed by atoms with van der Waals surface area (Å²) in [6.45, 7) is 6.90. The highest BCUT2D eigenvalue weighted by molar-refractivity contribution is 7.99. The van der Waals surface area contributed by atoms with Crippen LogP contribution >= 0.6 is 11.8 Å². The van der Waals surface area contributed by atoms with Crippen LogP contribution in [-0.2, 0) is 0 Å². The van der Waals surface area contributed by atoms with Crippen molar-refractivity contribution in [3.63, 3.8) is 0 Å². The highest BCUT2D eigenvalue weighted by atomic mass is 32.2. The van der Waals surface area contributed by atoms with E-state index in [9.17, 15) is 0 Å². The molecule has 0 aliphatic heterocycles. The van der Waals surface area contributed by atoms with Gasteiger partial charge in [0.05, 0.1) is 0 Å². The summed E-state index contributed by atoms with van der Waals surface area (Å²) in [5, 5.41) is 3.54. The van der Waals surface area contributed by atoms with Crippen LogP contribution in [0.25, 0.3) is 0 Å². The van der Waals surface area contributed by atoms with Crippen LogP contribution in [0.3, 0.4) is 0 Å². The molecule has 0 aliphatic rings. The van der Waals surface area contributed by atoms with Gasteiger partial charge in [-0.3, -0.25) is 0 Å². The molecule has 0 fully saturated rings. The lowest BCUT2D eigenvalue weighted by atomic mass is 10.1. The first-order valence-electron chi connectivity index (χ1n) is 6.62. The van der Waals surface area contributed by atoms with Crippen LogP contribution < -0.4 is 5.32 Å². The topological polar surface area (TPSA) is 15.3 Å². The third-order valence-corrected chi connectivity index (χ3v) is 3.65. The molecule has 0 aromatic carbocycles. The van der Waals surface area contributed by atoms with Crippen LogP contribution in [0.4, 0.5) is 0 Å². The van der Waals surface area contributed by atoms with E-state index in [1.807, 2.05) is 0 Å². The van der Waals surface area contributed by atoms with Crippen molar-refractivity contribution in [2.75, 3.05) is 38.7 Å². The van der Waals surface area contributed by atoms with Crippen LogP contribution in [-0.4, -0.2) is 49.6 Å². The number of nitrogens with one attached hydrogen (secondary N) is 1. The molecule has 0 rings (SSSR count). The maximum atomic E-state index is 3.54. The zero-order chi connectivity index (χ0) is 12.2. The highest BCUT2D eigenvalue weighted by Crippen LogP contribution is 2.07. The first-order valence-corrected chi connectivity index (χ1v) is 7.78. The third kappa shape index (κ3) is 12.3. The van der Waals surface area contributed by atoms with E-state index in [0.29, 0.717) is 6.04 Å². The molecule has 0 saturated carbocycles. The Kier molecular flexibility index (Phi) is 11.9. The van der Waals surface area contributed by atoms with E-state index in [-0.39, 0.29) is 0 Å². The Morgan fingerprint density at radius 3 is 2.56 bits per heavy atom. The SMILES string of the molecule is CCCNC(C)CCCCSCCN(C)C. The lowest BCUT2D eigenvalue weighted by molar-refractivity contribution is 0.437. The number of nitrogens with zero attached hydrogens (tertiary/aromatic N) is 1. The van der Waals surface area contributed by atoms with Gasteiger partial charge < -0.3 is 10.2 Å². The zero-order valence-corrected chi connectivity index (χ0v) is 12.4. The van der Waals surface area contributed by atoms with Crippen molar-refractivity contribution in [1.29, 1.82) is 0 Å². The summed E-state index contributed by atoms with van der Waals surface area (Å²) in [6, 6.07) is 0.701. The van der Waals surface area contributed by atoms with Gasteiger partial charge in [-0.25, -0.2) is 0 Å². The van der Waals surface area contributed by atoms with Gasteiger partial charge in [-0.05, 0) is 52.6 Å². The normalized spacial score (nSPS) is 13.3. The van der Waals surface area contributed by atoms with Gasteiger partial charge in [0.1, 0.15) is 0 Å². The molecule has 0 amide bonds. The molecule has 98 valence electrons. The Morgan fingerprint density at radius 1 is 1.19 bits per heavy atom. The third-order valence-electron chi connectivity index (χ3n) is 2.60. The smallest absolute Gasteiger partial charge is 0.00662 e. The van der Waals surface area contributed by atoms with E-state index in [0.717, 1.165) is 0 Å². The molecule has 1 unspecified atom stereocenters. The number of rotatable bonds is 11. The van der Waals surface area contributed by atoms with E-state index >= 15 is 0 Å². The summed E-state index contributed by atoms with van der Waals surface area (Å²) in [5.41, 5.74) is 0. The molecule has 3 heteroatoms. The first kappa shape index (κ1) is 16.3. The average Bonchev–Trinajstić information content (AvgIpc) is 2.24. The largest absolute Gasteiger partial charge is 0.314 e. The highest BCUT2D eigenvalue weighted by Gasteiger charge is 1.99. The van der Waals surface area contributed by atoms with Gasteiger partial charge in [0.15, 0.2) is 0 Å². The Morgan fingerprint density at radius 2 is 1.94 bits per heavy atom. The molecular weight excluding hydrogens is 216 g/mol. The number of unbranched alkanes of at least 4 members (excludes halogenated alkanes) is 1. The summed E-state index contributed by atoms with van der Waals surface area (Å²) in [4.78, 5) is 2.25. The Labute approximate surface area is 107 Å². The van der Waals surface area contributed by atoms with Crippen molar-refractivity contribution >= 4 is 11.8 Å². The van der Waals surface area contributed by atoms with E-state index in [4.69, 9.17) is 0 Å². The minimum atomic E-state index is 0.701. The second-order valence-corrected chi connectivity index (χ2v) is 5.99. The molecule has 1 atom stereocenters. The van der Waals surface area contributed by atoms with Gasteiger partial charge >= 0.3 is 0 Å². The fraction of sp³-hybridized carbons (Fsp3) is 1.00. The molecule has 0 radical (unpaired) electrons. The first-order chi connectivity index (χ1) is 7.66. The van der Waals surface area contributed by atoms with Gasteiger partial charge in [-0.2, -0.15) is 11.8 Å². The molecule has 0 bridgehead atoms. The lowest BCUT2D eigenvalue weighted by Crippen LogP contribution is -2.26. The molecule has 2 nitrogen and oxygen atoms in total. The molecule has 0 aromatic heterocycles. The standard InChI is InChI=1S/C13H30N2S/c1-5-9-14-13(2)8-6-7-11-16-12-10-15(3)4/h13-14H,5-12H2,1-4H3. The van der Waals surface area contributed by atoms with E-state index in [1.165, 1.54) is 50.3 Å². The van der Waals surface area contributed by atoms with E-state index < -0.39 is 0 Å². The summed E-state index contributed by atoms with van der Waals surface area (Å²) in [7, 11) is 4.28. The second-order valence-electron chi connectivity index (χ2n) is 4.77. The minimum absolute atomic E-state index is 0.701. The average molecular weight is 246 g/mol. The molecule has 0 aliphatic carbocycles. The maximum Gasteiger partial charge on any atom is 0.00662 e. The Balaban J connectivity index is 3.08. The van der Waals surface area contributed by atoms with Gasteiger partial charge in [-0.15, -0.1) is 0 Å². The molecule has 16 heavy (non-hydrogen) atoms. The van der Waals surface area contributed by atoms with Crippen LogP contribution in [0.15, 0.2) is 0 Å². The van der Waals surface area contributed by atoms with Crippen molar-refractivity contribution in [3.8, 4) is 0 Å². The van der Waals surface area contributed by atoms with Crippen molar-refractivity contribution in [2.45, 2.75) is 45.6 Å². The van der Waals surface area contributed by atoms with Gasteiger partial charge in [0.2, 0.25) is 0 Å². The number of thioether (sulfide) groups is 1. The Bertz CT molecular complexity index is 140. The second kappa shape index (κ2) is 11.7. The van der Waals surface area contributed by atoms with Gasteiger partial charge in [-0.1, -0.05) is 13.3 Å². The molecule has 0 spiro atoms. The molecular formula is C13H30N2S. The summed E-state index contributed by atoms with van der Waals surface area (Å²) >= 11 is 2.09. The lowest BCUT2D eigenvalue weighted by Gasteiger charge is -2.12. The van der Waals surface area contributed by atoms with E-state index in [2.05, 4.69) is 49.9 Å². The van der Waals surface area contributed by atoms with Crippen LogP contribution in [0.1, 0.15) is 39.5 Å². The Hall–Kier alpha value is 0.270. The van der Waals surface area contributed by atoms with Crippen LogP contribution in [0, 0.1) is 0 Å². The zero-order valence-electron chi connectivity index (χ0n) is 11.6. The van der Waals surface area contributed by atoms with Crippen molar-refractivity contribution in [3.05, 3.63) is 0 Å². The molecule has 1 N–H and O–H groups in total. The predicted molar refractivity (Wildman–Crippen MR) is 77.5 cm³/mol. The predicted octanol–water partition coefficient (Wildman–Crippen LogP) is 2.84. The van der Waals surface area contributed by atoms with Crippen LogP contribution in [0.2, 0.25) is 0 Å². The quantitative estimate of drug-likeness (QED) is 0.564. The summed E-state index contributed by atoms with van der Waals surface area (Å²) < 4.78 is 0. The van der Waals surface area contributed by atoms with Crippen molar-refractivity contribution < 1.29 is 0 Å². The van der Waals surface area contributed by atoms with Gasteiger partial charge in [0.25, 0.3) is 0 Å². The molecule has 0 aromatic rings. The van der Waals surface area contributed by atoms with Gasteiger partial charge in [0, 0.05) is 18.3 Å². The monoisotopic (exact) mass is 246 g/mol. The number of hydrogen-bond donors (Lipinski definition) is 1. The maximum absolute atomic E-state index is 3.54. The fourth-order valence-electron chi connectivity index (χ4n) is 1.50. The van der Waals surface area contributed by atoms with Crippen LogP contribution in [0.5, 0.6) is 0 Å². The van der Waals surface area contributed by atoms with Crippen molar-refractivity contribution in [1.82, 2.24) is 10.2 Å². The summed E-state index contributed by atoms with van der Waals surface area (Å²) in [6.07, 6.45) is 5.31. The molecule has 0 heterocycles. The molecule has 0 saturated heterocycles. The number of hydrogen-bond acceptors (Lipinski definition) is 3. The minimum Gasteiger partial charge on any atom is -0.314 e. The summed E-state index contributed by atoms with van der Waals surface area (Å²) in [5.74, 6) is 2.60. The fourth-order valence-corrected chi connectivity index (χ4v) is 2.60. The van der Waals surface area contributed by atoms with Crippen molar-refractivity contribution in [2.24, 2.45) is 0 Å². The van der Waals surface area contributed by atoms with E-state index in [1.54, 1.807) is 0 Å².